The molecule has 0 radical (unpaired) electrons. The number of nitrogens with two attached hydrogens (primary N) is 1. The standard InChI is InChI=1S/C15H22F2N2O/c16-13-3-1-2-12(15(13)17)14(18)6-9-19-7-4-11(10-20)5-8-19/h1-3,11,14,20H,4-10,18H2. The van der Waals surface area contributed by atoms with Crippen LogP contribution in [0.2, 0.25) is 0 Å². The lowest BCUT2D eigenvalue weighted by molar-refractivity contribution is 0.129. The van der Waals surface area contributed by atoms with Crippen molar-refractivity contribution < 1.29 is 13.9 Å². The van der Waals surface area contributed by atoms with Gasteiger partial charge in [-0.2, -0.15) is 0 Å². The lowest BCUT2D eigenvalue weighted by atomic mass is 9.97. The van der Waals surface area contributed by atoms with Crippen LogP contribution in [-0.2, 0) is 0 Å². The first-order chi connectivity index (χ1) is 9.61. The Hall–Kier alpha value is -1.04. The fraction of sp³-hybridized carbons (Fsp3) is 0.600. The molecule has 0 saturated carbocycles. The maximum absolute atomic E-state index is 13.6. The Kier molecular flexibility index (Phi) is 5.46. The molecule has 1 heterocycles. The lowest BCUT2D eigenvalue weighted by Crippen LogP contribution is -2.36. The molecule has 3 N–H and O–H groups in total. The highest BCUT2D eigenvalue weighted by Gasteiger charge is 2.20. The SMILES string of the molecule is NC(CCN1CCC(CO)CC1)c1cccc(F)c1F. The fourth-order valence-electron chi connectivity index (χ4n) is 2.68. The minimum Gasteiger partial charge on any atom is -0.396 e. The van der Waals surface area contributed by atoms with Crippen LogP contribution >= 0.6 is 0 Å². The van der Waals surface area contributed by atoms with E-state index in [2.05, 4.69) is 4.90 Å². The van der Waals surface area contributed by atoms with Crippen molar-refractivity contribution in [3.05, 3.63) is 35.4 Å². The van der Waals surface area contributed by atoms with Crippen LogP contribution < -0.4 is 5.73 Å². The number of aliphatic hydroxyl groups is 1. The average Bonchev–Trinajstić information content (AvgIpc) is 2.48. The van der Waals surface area contributed by atoms with Crippen LogP contribution in [0.15, 0.2) is 18.2 Å². The molecule has 1 atom stereocenters. The van der Waals surface area contributed by atoms with Gasteiger partial charge in [0.05, 0.1) is 0 Å². The molecule has 20 heavy (non-hydrogen) atoms. The number of halogens is 2. The van der Waals surface area contributed by atoms with E-state index in [1.54, 1.807) is 6.07 Å². The summed E-state index contributed by atoms with van der Waals surface area (Å²) in [5.41, 5.74) is 6.21. The maximum Gasteiger partial charge on any atom is 0.163 e. The van der Waals surface area contributed by atoms with Gasteiger partial charge in [0.25, 0.3) is 0 Å². The van der Waals surface area contributed by atoms with E-state index in [0.29, 0.717) is 12.3 Å². The normalized spacial score (nSPS) is 19.2. The van der Waals surface area contributed by atoms with E-state index in [0.717, 1.165) is 38.5 Å². The fourth-order valence-corrected chi connectivity index (χ4v) is 2.68. The quantitative estimate of drug-likeness (QED) is 0.870. The van der Waals surface area contributed by atoms with Crippen molar-refractivity contribution in [1.29, 1.82) is 0 Å². The van der Waals surface area contributed by atoms with Crippen molar-refractivity contribution in [3.63, 3.8) is 0 Å². The van der Waals surface area contributed by atoms with Gasteiger partial charge < -0.3 is 15.7 Å². The first-order valence-corrected chi connectivity index (χ1v) is 7.14. The zero-order valence-corrected chi connectivity index (χ0v) is 11.6. The number of benzene rings is 1. The highest BCUT2D eigenvalue weighted by molar-refractivity contribution is 5.22. The third-order valence-electron chi connectivity index (χ3n) is 4.10. The maximum atomic E-state index is 13.6. The molecule has 1 unspecified atom stereocenters. The van der Waals surface area contributed by atoms with Gasteiger partial charge in [0.2, 0.25) is 0 Å². The van der Waals surface area contributed by atoms with Crippen molar-refractivity contribution in [3.8, 4) is 0 Å². The molecular formula is C15H22F2N2O. The van der Waals surface area contributed by atoms with Gasteiger partial charge in [-0.3, -0.25) is 0 Å². The molecule has 1 aromatic rings. The summed E-state index contributed by atoms with van der Waals surface area (Å²) in [5, 5.41) is 9.08. The zero-order chi connectivity index (χ0) is 14.5. The Bertz CT molecular complexity index is 434. The van der Waals surface area contributed by atoms with Crippen LogP contribution in [0.1, 0.15) is 30.9 Å². The Balaban J connectivity index is 1.83. The number of hydrogen-bond acceptors (Lipinski definition) is 3. The summed E-state index contributed by atoms with van der Waals surface area (Å²) in [7, 11) is 0. The molecule has 5 heteroatoms. The molecule has 1 fully saturated rings. The Morgan fingerprint density at radius 3 is 2.65 bits per heavy atom. The highest BCUT2D eigenvalue weighted by Crippen LogP contribution is 2.22. The Labute approximate surface area is 118 Å². The second-order valence-electron chi connectivity index (χ2n) is 5.51. The van der Waals surface area contributed by atoms with Crippen molar-refractivity contribution in [2.24, 2.45) is 11.7 Å². The second kappa shape index (κ2) is 7.11. The van der Waals surface area contributed by atoms with Crippen LogP contribution in [-0.4, -0.2) is 36.2 Å². The number of nitrogens with zero attached hydrogens (tertiary/aromatic N) is 1. The van der Waals surface area contributed by atoms with Crippen LogP contribution in [0, 0.1) is 17.6 Å². The molecule has 1 saturated heterocycles. The van der Waals surface area contributed by atoms with E-state index in [1.165, 1.54) is 6.07 Å². The topological polar surface area (TPSA) is 49.5 Å². The van der Waals surface area contributed by atoms with Crippen molar-refractivity contribution in [1.82, 2.24) is 4.90 Å². The predicted octanol–water partition coefficient (Wildman–Crippen LogP) is 2.06. The third kappa shape index (κ3) is 3.75. The molecule has 0 aliphatic carbocycles. The van der Waals surface area contributed by atoms with Crippen LogP contribution in [0.5, 0.6) is 0 Å². The van der Waals surface area contributed by atoms with Gasteiger partial charge in [-0.15, -0.1) is 0 Å². The van der Waals surface area contributed by atoms with Gasteiger partial charge in [-0.25, -0.2) is 8.78 Å². The molecule has 1 aromatic carbocycles. The van der Waals surface area contributed by atoms with E-state index in [4.69, 9.17) is 10.8 Å². The summed E-state index contributed by atoms with van der Waals surface area (Å²) in [6.45, 7) is 2.89. The molecule has 1 aliphatic rings. The van der Waals surface area contributed by atoms with E-state index < -0.39 is 17.7 Å². The van der Waals surface area contributed by atoms with E-state index in [9.17, 15) is 8.78 Å². The van der Waals surface area contributed by atoms with Crippen LogP contribution in [0.3, 0.4) is 0 Å². The predicted molar refractivity (Wildman–Crippen MR) is 74.2 cm³/mol. The summed E-state index contributed by atoms with van der Waals surface area (Å²) in [5.74, 6) is -1.28. The molecule has 2 rings (SSSR count). The minimum absolute atomic E-state index is 0.246. The van der Waals surface area contributed by atoms with Gasteiger partial charge in [-0.05, 0) is 50.9 Å². The Morgan fingerprint density at radius 2 is 2.00 bits per heavy atom. The summed E-state index contributed by atoms with van der Waals surface area (Å²) >= 11 is 0. The minimum atomic E-state index is -0.846. The summed E-state index contributed by atoms with van der Waals surface area (Å²) < 4.78 is 26.8. The van der Waals surface area contributed by atoms with Gasteiger partial charge in [0.15, 0.2) is 11.6 Å². The molecule has 0 aromatic heterocycles. The molecule has 112 valence electrons. The number of hydrogen-bond donors (Lipinski definition) is 2. The molecule has 0 bridgehead atoms. The second-order valence-corrected chi connectivity index (χ2v) is 5.51. The Morgan fingerprint density at radius 1 is 1.30 bits per heavy atom. The molecule has 0 spiro atoms. The van der Waals surface area contributed by atoms with Gasteiger partial charge in [0, 0.05) is 18.2 Å². The third-order valence-corrected chi connectivity index (χ3v) is 4.10. The monoisotopic (exact) mass is 284 g/mol. The van der Waals surface area contributed by atoms with E-state index in [1.807, 2.05) is 0 Å². The van der Waals surface area contributed by atoms with Crippen LogP contribution in [0.4, 0.5) is 8.78 Å². The largest absolute Gasteiger partial charge is 0.396 e. The molecule has 0 amide bonds. The summed E-state index contributed by atoms with van der Waals surface area (Å²) in [6.07, 6.45) is 2.57. The van der Waals surface area contributed by atoms with Gasteiger partial charge >= 0.3 is 0 Å². The number of rotatable bonds is 5. The number of aliphatic hydroxyl groups excluding tert-OH is 1. The van der Waals surface area contributed by atoms with Gasteiger partial charge in [0.1, 0.15) is 0 Å². The average molecular weight is 284 g/mol. The van der Waals surface area contributed by atoms with Crippen molar-refractivity contribution in [2.75, 3.05) is 26.2 Å². The summed E-state index contributed by atoms with van der Waals surface area (Å²) in [6, 6.07) is 3.65. The summed E-state index contributed by atoms with van der Waals surface area (Å²) in [4.78, 5) is 2.27. The molecule has 1 aliphatic heterocycles. The number of likely N-dealkylation sites (tertiary alicyclic amines) is 1. The van der Waals surface area contributed by atoms with E-state index >= 15 is 0 Å². The first-order valence-electron chi connectivity index (χ1n) is 7.14. The highest BCUT2D eigenvalue weighted by atomic mass is 19.2. The zero-order valence-electron chi connectivity index (χ0n) is 11.6. The lowest BCUT2D eigenvalue weighted by Gasteiger charge is -2.31. The van der Waals surface area contributed by atoms with Crippen molar-refractivity contribution in [2.45, 2.75) is 25.3 Å². The van der Waals surface area contributed by atoms with Crippen molar-refractivity contribution >= 4 is 0 Å². The molecule has 3 nitrogen and oxygen atoms in total. The molecular weight excluding hydrogens is 262 g/mol. The first kappa shape index (κ1) is 15.4. The van der Waals surface area contributed by atoms with Crippen LogP contribution in [0.25, 0.3) is 0 Å². The number of piperidine rings is 1. The van der Waals surface area contributed by atoms with E-state index in [-0.39, 0.29) is 12.2 Å². The van der Waals surface area contributed by atoms with Gasteiger partial charge in [-0.1, -0.05) is 12.1 Å². The smallest absolute Gasteiger partial charge is 0.163 e.